The lowest BCUT2D eigenvalue weighted by molar-refractivity contribution is -0.151. The Hall–Kier alpha value is -2.95. The van der Waals surface area contributed by atoms with Crippen LogP contribution in [0.15, 0.2) is 35.9 Å². The second kappa shape index (κ2) is 14.9. The molecule has 0 spiro atoms. The SMILES string of the molecule is C/C(=C\c1cc(F)cc(N2CCOCC2)c1)[C@H]1OC(=O)C[C@H](O)CC[C@H](C)[C@H](OC(=O)N2CCN(C)C(C)(C)C2)/C=C/[C@@H]1C. The molecule has 2 saturated heterocycles. The van der Waals surface area contributed by atoms with E-state index in [1.54, 1.807) is 4.90 Å². The molecule has 1 amide bonds. The van der Waals surface area contributed by atoms with Crippen LogP contribution in [0.1, 0.15) is 59.4 Å². The van der Waals surface area contributed by atoms with E-state index in [2.05, 4.69) is 30.7 Å². The summed E-state index contributed by atoms with van der Waals surface area (Å²) < 4.78 is 32.1. The van der Waals surface area contributed by atoms with Gasteiger partial charge >= 0.3 is 12.1 Å². The van der Waals surface area contributed by atoms with Crippen molar-refractivity contribution in [2.24, 2.45) is 11.8 Å². The largest absolute Gasteiger partial charge is 0.457 e. The molecule has 0 unspecified atom stereocenters. The lowest BCUT2D eigenvalue weighted by Crippen LogP contribution is -2.59. The van der Waals surface area contributed by atoms with E-state index in [0.29, 0.717) is 57.8 Å². The van der Waals surface area contributed by atoms with Gasteiger partial charge in [-0.05, 0) is 82.0 Å². The number of piperazine rings is 1. The van der Waals surface area contributed by atoms with Crippen LogP contribution in [0.2, 0.25) is 0 Å². The average Bonchev–Trinajstić information content (AvgIpc) is 2.97. The van der Waals surface area contributed by atoms with Crippen LogP contribution in [0, 0.1) is 17.7 Å². The first-order valence-electron chi connectivity index (χ1n) is 15.9. The lowest BCUT2D eigenvalue weighted by atomic mass is 9.91. The highest BCUT2D eigenvalue weighted by atomic mass is 19.1. The van der Waals surface area contributed by atoms with Gasteiger partial charge in [0.15, 0.2) is 0 Å². The average molecular weight is 616 g/mol. The summed E-state index contributed by atoms with van der Waals surface area (Å²) in [6, 6.07) is 4.91. The summed E-state index contributed by atoms with van der Waals surface area (Å²) in [4.78, 5) is 32.3. The molecule has 0 aromatic heterocycles. The van der Waals surface area contributed by atoms with Gasteiger partial charge in [0.25, 0.3) is 0 Å². The molecule has 5 atom stereocenters. The molecule has 244 valence electrons. The quantitative estimate of drug-likeness (QED) is 0.379. The van der Waals surface area contributed by atoms with Gasteiger partial charge in [-0.2, -0.15) is 0 Å². The number of esters is 1. The number of ether oxygens (including phenoxy) is 3. The summed E-state index contributed by atoms with van der Waals surface area (Å²) in [7, 11) is 2.06. The third kappa shape index (κ3) is 9.05. The van der Waals surface area contributed by atoms with Gasteiger partial charge in [-0.15, -0.1) is 0 Å². The number of nitrogens with zero attached hydrogens (tertiary/aromatic N) is 3. The number of carbonyl (C=O) groups excluding carboxylic acids is 2. The molecule has 1 aromatic rings. The first-order valence-corrected chi connectivity index (χ1v) is 15.9. The maximum absolute atomic E-state index is 14.7. The van der Waals surface area contributed by atoms with Crippen molar-refractivity contribution in [3.8, 4) is 0 Å². The fourth-order valence-corrected chi connectivity index (χ4v) is 6.07. The van der Waals surface area contributed by atoms with Crippen LogP contribution in [0.5, 0.6) is 0 Å². The molecule has 0 aliphatic carbocycles. The van der Waals surface area contributed by atoms with E-state index in [9.17, 15) is 19.1 Å². The highest BCUT2D eigenvalue weighted by Crippen LogP contribution is 2.28. The van der Waals surface area contributed by atoms with Crippen LogP contribution >= 0.6 is 0 Å². The van der Waals surface area contributed by atoms with Crippen molar-refractivity contribution >= 4 is 23.8 Å². The highest BCUT2D eigenvalue weighted by Gasteiger charge is 2.35. The van der Waals surface area contributed by atoms with Crippen molar-refractivity contribution in [3.63, 3.8) is 0 Å². The van der Waals surface area contributed by atoms with E-state index in [4.69, 9.17) is 14.2 Å². The number of benzene rings is 1. The summed E-state index contributed by atoms with van der Waals surface area (Å²) >= 11 is 0. The zero-order chi connectivity index (χ0) is 32.0. The number of halogens is 1. The maximum atomic E-state index is 14.7. The molecule has 1 aromatic carbocycles. The van der Waals surface area contributed by atoms with Crippen LogP contribution in [0.3, 0.4) is 0 Å². The number of aliphatic hydroxyl groups is 1. The van der Waals surface area contributed by atoms with Crippen LogP contribution < -0.4 is 4.90 Å². The monoisotopic (exact) mass is 615 g/mol. The molecule has 0 bridgehead atoms. The Balaban J connectivity index is 1.56. The number of carbonyl (C=O) groups is 2. The number of hydrogen-bond donors (Lipinski definition) is 1. The fraction of sp³-hybridized carbons (Fsp3) is 0.647. The van der Waals surface area contributed by atoms with E-state index in [1.807, 2.05) is 45.1 Å². The zero-order valence-electron chi connectivity index (χ0n) is 27.1. The Morgan fingerprint density at radius 1 is 1.09 bits per heavy atom. The van der Waals surface area contributed by atoms with Crippen molar-refractivity contribution in [1.82, 2.24) is 9.80 Å². The molecule has 4 rings (SSSR count). The van der Waals surface area contributed by atoms with E-state index in [1.165, 1.54) is 12.1 Å². The smallest absolute Gasteiger partial charge is 0.410 e. The van der Waals surface area contributed by atoms with Gasteiger partial charge in [-0.3, -0.25) is 9.69 Å². The number of amides is 1. The number of hydrogen-bond acceptors (Lipinski definition) is 8. The molecule has 9 nitrogen and oxygen atoms in total. The van der Waals surface area contributed by atoms with Gasteiger partial charge in [0.05, 0.1) is 25.7 Å². The Morgan fingerprint density at radius 3 is 2.52 bits per heavy atom. The summed E-state index contributed by atoms with van der Waals surface area (Å²) in [6.07, 6.45) is 4.08. The Labute approximate surface area is 261 Å². The van der Waals surface area contributed by atoms with Crippen LogP contribution in [-0.2, 0) is 19.0 Å². The summed E-state index contributed by atoms with van der Waals surface area (Å²) in [5.74, 6) is -1.19. The third-order valence-corrected chi connectivity index (χ3v) is 9.19. The van der Waals surface area contributed by atoms with Crippen LogP contribution in [-0.4, -0.2) is 104 Å². The topological polar surface area (TPSA) is 91.8 Å². The Morgan fingerprint density at radius 2 is 1.82 bits per heavy atom. The standard InChI is InChI=1S/C34H50FN3O6/c1-23-7-9-29(39)21-31(40)44-32(25(3)17-26-18-27(35)20-28(19-26)37-13-15-42-16-14-37)24(2)8-10-30(23)43-33(41)38-12-11-36(6)34(4,5)22-38/h8,10,17-20,23-24,29-30,32,39H,7,9,11-16,21-22H2,1-6H3/b10-8+,25-17+/t23-,24-,29+,30+,32-/m0/s1. The number of likely N-dealkylation sites (N-methyl/N-ethyl adjacent to an activating group) is 1. The van der Waals surface area contributed by atoms with E-state index >= 15 is 0 Å². The van der Waals surface area contributed by atoms with Gasteiger partial charge in [0.1, 0.15) is 18.0 Å². The second-order valence-electron chi connectivity index (χ2n) is 13.3. The fourth-order valence-electron chi connectivity index (χ4n) is 6.07. The van der Waals surface area contributed by atoms with E-state index in [0.717, 1.165) is 17.8 Å². The molecule has 10 heteroatoms. The predicted molar refractivity (Wildman–Crippen MR) is 169 cm³/mol. The van der Waals surface area contributed by atoms with Gasteiger partial charge in [-0.25, -0.2) is 9.18 Å². The van der Waals surface area contributed by atoms with Gasteiger partial charge < -0.3 is 29.1 Å². The summed E-state index contributed by atoms with van der Waals surface area (Å²) in [6.45, 7) is 14.5. The van der Waals surface area contributed by atoms with Crippen molar-refractivity contribution in [1.29, 1.82) is 0 Å². The molecular weight excluding hydrogens is 565 g/mol. The van der Waals surface area contributed by atoms with Crippen molar-refractivity contribution in [2.75, 3.05) is 57.9 Å². The second-order valence-corrected chi connectivity index (χ2v) is 13.3. The van der Waals surface area contributed by atoms with Crippen molar-refractivity contribution in [2.45, 2.75) is 77.7 Å². The maximum Gasteiger partial charge on any atom is 0.410 e. The van der Waals surface area contributed by atoms with Gasteiger partial charge in [0.2, 0.25) is 0 Å². The number of rotatable bonds is 4. The van der Waals surface area contributed by atoms with Crippen LogP contribution in [0.25, 0.3) is 6.08 Å². The van der Waals surface area contributed by atoms with E-state index < -0.39 is 24.3 Å². The van der Waals surface area contributed by atoms with E-state index in [-0.39, 0.29) is 35.7 Å². The first kappa shape index (κ1) is 33.9. The summed E-state index contributed by atoms with van der Waals surface area (Å²) in [5, 5.41) is 10.6. The van der Waals surface area contributed by atoms with Crippen molar-refractivity contribution in [3.05, 3.63) is 47.3 Å². The molecule has 1 N–H and O–H groups in total. The molecule has 0 radical (unpaired) electrons. The van der Waals surface area contributed by atoms with Crippen LogP contribution in [0.4, 0.5) is 14.9 Å². The van der Waals surface area contributed by atoms with Gasteiger partial charge in [-0.1, -0.05) is 26.0 Å². The van der Waals surface area contributed by atoms with Crippen molar-refractivity contribution < 1.29 is 33.3 Å². The molecule has 3 aliphatic rings. The molecule has 3 aliphatic heterocycles. The molecule has 44 heavy (non-hydrogen) atoms. The number of aliphatic hydroxyl groups excluding tert-OH is 1. The number of cyclic esters (lactones) is 1. The normalized spacial score (nSPS) is 30.1. The zero-order valence-corrected chi connectivity index (χ0v) is 27.1. The molecule has 2 fully saturated rings. The minimum absolute atomic E-state index is 0.0750. The number of morpholine rings is 1. The summed E-state index contributed by atoms with van der Waals surface area (Å²) in [5.41, 5.74) is 2.02. The molecule has 0 saturated carbocycles. The predicted octanol–water partition coefficient (Wildman–Crippen LogP) is 4.88. The minimum atomic E-state index is -0.873. The Bertz CT molecular complexity index is 1210. The Kier molecular flexibility index (Phi) is 11.5. The highest BCUT2D eigenvalue weighted by molar-refractivity contribution is 5.71. The molecular formula is C34H50FN3O6. The molecule has 3 heterocycles. The first-order chi connectivity index (χ1) is 20.8. The lowest BCUT2D eigenvalue weighted by Gasteiger charge is -2.45. The minimum Gasteiger partial charge on any atom is -0.457 e. The third-order valence-electron chi connectivity index (χ3n) is 9.19. The number of anilines is 1. The van der Waals surface area contributed by atoms with Gasteiger partial charge in [0, 0.05) is 49.9 Å².